The van der Waals surface area contributed by atoms with Crippen molar-refractivity contribution in [2.45, 2.75) is 31.8 Å². The second kappa shape index (κ2) is 8.71. The van der Waals surface area contributed by atoms with Gasteiger partial charge in [0.15, 0.2) is 6.29 Å². The molecule has 0 fully saturated rings. The first kappa shape index (κ1) is 19.8. The monoisotopic (exact) mass is 359 g/mol. The zero-order chi connectivity index (χ0) is 19.3. The van der Waals surface area contributed by atoms with Gasteiger partial charge in [-0.25, -0.2) is 0 Å². The van der Waals surface area contributed by atoms with Gasteiger partial charge in [-0.1, -0.05) is 0 Å². The molecule has 0 bridgehead atoms. The lowest BCUT2D eigenvalue weighted by atomic mass is 9.93. The van der Waals surface area contributed by atoms with Crippen LogP contribution >= 0.6 is 0 Å². The van der Waals surface area contributed by atoms with Gasteiger partial charge in [0.05, 0.1) is 5.56 Å². The number of fused-ring (bicyclic) bond motifs is 1. The molecule has 2 rings (SSSR count). The van der Waals surface area contributed by atoms with Crippen LogP contribution < -0.4 is 5.32 Å². The molecule has 0 saturated carbocycles. The topological polar surface area (TPSA) is 86.8 Å². The number of nitrogens with one attached hydrogen (secondary N) is 1. The fourth-order valence-electron chi connectivity index (χ4n) is 3.28. The Morgan fingerprint density at radius 1 is 1.31 bits per heavy atom. The summed E-state index contributed by atoms with van der Waals surface area (Å²) in [6, 6.07) is 2.76. The summed E-state index contributed by atoms with van der Waals surface area (Å²) in [5.74, 6) is -0.740. The van der Waals surface area contributed by atoms with E-state index in [0.29, 0.717) is 18.4 Å². The third kappa shape index (κ3) is 4.16. The van der Waals surface area contributed by atoms with Crippen LogP contribution in [0.15, 0.2) is 12.1 Å². The van der Waals surface area contributed by atoms with Crippen molar-refractivity contribution in [3.05, 3.63) is 34.4 Å². The van der Waals surface area contributed by atoms with Crippen LogP contribution in [0.2, 0.25) is 0 Å². The highest BCUT2D eigenvalue weighted by atomic mass is 16.2. The number of amides is 2. The Morgan fingerprint density at radius 3 is 2.65 bits per heavy atom. The summed E-state index contributed by atoms with van der Waals surface area (Å²) in [6.45, 7) is 1.62. The van der Waals surface area contributed by atoms with E-state index in [1.165, 1.54) is 19.0 Å². The second-order valence-electron chi connectivity index (χ2n) is 6.60. The van der Waals surface area contributed by atoms with E-state index >= 15 is 0 Å². The van der Waals surface area contributed by atoms with Gasteiger partial charge in [0, 0.05) is 39.2 Å². The summed E-state index contributed by atoms with van der Waals surface area (Å²) in [4.78, 5) is 50.8. The number of nitrogens with zero attached hydrogens (tertiary/aromatic N) is 2. The molecule has 0 aliphatic carbocycles. The van der Waals surface area contributed by atoms with Gasteiger partial charge in [-0.2, -0.15) is 0 Å². The van der Waals surface area contributed by atoms with Crippen LogP contribution in [0.4, 0.5) is 0 Å². The molecule has 7 heteroatoms. The van der Waals surface area contributed by atoms with Crippen LogP contribution in [0.25, 0.3) is 0 Å². The normalized spacial score (nSPS) is 14.9. The maximum absolute atomic E-state index is 13.0. The smallest absolute Gasteiger partial charge is 0.255 e. The van der Waals surface area contributed by atoms with Gasteiger partial charge in [-0.05, 0) is 43.1 Å². The Balaban J connectivity index is 2.37. The highest BCUT2D eigenvalue weighted by Crippen LogP contribution is 2.24. The molecule has 1 atom stereocenters. The summed E-state index contributed by atoms with van der Waals surface area (Å²) >= 11 is 0. The molecule has 1 heterocycles. The van der Waals surface area contributed by atoms with E-state index in [-0.39, 0.29) is 24.3 Å². The summed E-state index contributed by atoms with van der Waals surface area (Å²) < 4.78 is 0. The van der Waals surface area contributed by atoms with Gasteiger partial charge in [-0.3, -0.25) is 14.4 Å². The minimum atomic E-state index is -0.768. The Hall–Kier alpha value is -2.54. The van der Waals surface area contributed by atoms with Crippen LogP contribution in [-0.2, 0) is 22.6 Å². The lowest BCUT2D eigenvalue weighted by Gasteiger charge is -2.29. The number of hydrogen-bond donors (Lipinski definition) is 1. The van der Waals surface area contributed by atoms with Gasteiger partial charge >= 0.3 is 0 Å². The Labute approximate surface area is 153 Å². The third-order valence-electron chi connectivity index (χ3n) is 4.83. The van der Waals surface area contributed by atoms with Gasteiger partial charge in [0.1, 0.15) is 12.3 Å². The summed E-state index contributed by atoms with van der Waals surface area (Å²) in [7, 11) is 5.01. The van der Waals surface area contributed by atoms with Crippen molar-refractivity contribution in [1.29, 1.82) is 0 Å². The van der Waals surface area contributed by atoms with Crippen molar-refractivity contribution in [3.63, 3.8) is 0 Å². The summed E-state index contributed by atoms with van der Waals surface area (Å²) in [5, 5.41) is 2.52. The van der Waals surface area contributed by atoms with Crippen molar-refractivity contribution in [3.8, 4) is 0 Å². The quantitative estimate of drug-likeness (QED) is 0.723. The highest BCUT2D eigenvalue weighted by molar-refractivity contribution is 6.03. The van der Waals surface area contributed by atoms with Crippen LogP contribution in [0.3, 0.4) is 0 Å². The molecule has 1 aromatic carbocycles. The number of aldehydes is 2. The van der Waals surface area contributed by atoms with Crippen molar-refractivity contribution >= 4 is 24.4 Å². The Morgan fingerprint density at radius 2 is 2.04 bits per heavy atom. The van der Waals surface area contributed by atoms with Gasteiger partial charge in [-0.15, -0.1) is 0 Å². The fraction of sp³-hybridized carbons (Fsp3) is 0.474. The molecular weight excluding hydrogens is 334 g/mol. The van der Waals surface area contributed by atoms with E-state index in [4.69, 9.17) is 0 Å². The molecule has 0 saturated heterocycles. The predicted octanol–water partition coefficient (Wildman–Crippen LogP) is 0.653. The second-order valence-corrected chi connectivity index (χ2v) is 6.60. The zero-order valence-electron chi connectivity index (χ0n) is 15.4. The molecule has 1 unspecified atom stereocenters. The maximum Gasteiger partial charge on any atom is 0.255 e. The molecule has 0 radical (unpaired) electrons. The molecule has 0 aromatic heterocycles. The molecule has 1 N–H and O–H groups in total. The largest absolute Gasteiger partial charge is 0.357 e. The first-order chi connectivity index (χ1) is 12.4. The SMILES string of the molecule is CNC(=O)C(CCC=O)N(C)C(=O)c1cc2c(cc1C=O)CCN(C)C2. The number of likely N-dealkylation sites (N-methyl/N-ethyl adjacent to an activating group) is 3. The van der Waals surface area contributed by atoms with Gasteiger partial charge < -0.3 is 19.9 Å². The van der Waals surface area contributed by atoms with Crippen LogP contribution in [0, 0.1) is 0 Å². The Kier molecular flexibility index (Phi) is 6.63. The molecular formula is C19H25N3O4. The minimum Gasteiger partial charge on any atom is -0.357 e. The average Bonchev–Trinajstić information content (AvgIpc) is 2.65. The number of rotatable bonds is 7. The minimum absolute atomic E-state index is 0.172. The molecule has 1 aromatic rings. The lowest BCUT2D eigenvalue weighted by molar-refractivity contribution is -0.125. The molecule has 140 valence electrons. The number of carbonyl (C=O) groups is 4. The standard InChI is InChI=1S/C19H25N3O4/c1-20-18(25)17(5-4-8-23)22(3)19(26)16-10-14-11-21(2)7-6-13(14)9-15(16)12-24/h8-10,12,17H,4-7,11H2,1-3H3,(H,20,25). The van der Waals surface area contributed by atoms with E-state index in [1.54, 1.807) is 12.1 Å². The van der Waals surface area contributed by atoms with E-state index < -0.39 is 11.9 Å². The molecule has 1 aliphatic heterocycles. The van der Waals surface area contributed by atoms with Crippen molar-refractivity contribution in [2.75, 3.05) is 27.7 Å². The van der Waals surface area contributed by atoms with Gasteiger partial charge in [0.25, 0.3) is 5.91 Å². The van der Waals surface area contributed by atoms with Crippen LogP contribution in [0.1, 0.15) is 44.7 Å². The Bertz CT molecular complexity index is 717. The van der Waals surface area contributed by atoms with E-state index in [0.717, 1.165) is 30.4 Å². The lowest BCUT2D eigenvalue weighted by Crippen LogP contribution is -2.47. The third-order valence-corrected chi connectivity index (χ3v) is 4.83. The molecule has 26 heavy (non-hydrogen) atoms. The predicted molar refractivity (Wildman–Crippen MR) is 97.1 cm³/mol. The molecule has 2 amide bonds. The van der Waals surface area contributed by atoms with Crippen LogP contribution in [0.5, 0.6) is 0 Å². The fourth-order valence-corrected chi connectivity index (χ4v) is 3.28. The van der Waals surface area contributed by atoms with E-state index in [9.17, 15) is 19.2 Å². The zero-order valence-corrected chi connectivity index (χ0v) is 15.4. The van der Waals surface area contributed by atoms with Crippen molar-refractivity contribution in [1.82, 2.24) is 15.1 Å². The maximum atomic E-state index is 13.0. The van der Waals surface area contributed by atoms with Crippen LogP contribution in [-0.4, -0.2) is 67.9 Å². The number of hydrogen-bond acceptors (Lipinski definition) is 5. The van der Waals surface area contributed by atoms with E-state index in [2.05, 4.69) is 10.2 Å². The van der Waals surface area contributed by atoms with Gasteiger partial charge in [0.2, 0.25) is 5.91 Å². The van der Waals surface area contributed by atoms with E-state index in [1.807, 2.05) is 7.05 Å². The molecule has 0 spiro atoms. The van der Waals surface area contributed by atoms with Crippen molar-refractivity contribution in [2.24, 2.45) is 0 Å². The summed E-state index contributed by atoms with van der Waals surface area (Å²) in [6.07, 6.45) is 2.64. The van der Waals surface area contributed by atoms with Crippen molar-refractivity contribution < 1.29 is 19.2 Å². The number of carbonyl (C=O) groups excluding carboxylic acids is 4. The first-order valence-corrected chi connectivity index (χ1v) is 8.64. The average molecular weight is 359 g/mol. The highest BCUT2D eigenvalue weighted by Gasteiger charge is 2.28. The molecule has 7 nitrogen and oxygen atoms in total. The molecule has 1 aliphatic rings. The first-order valence-electron chi connectivity index (χ1n) is 8.64. The summed E-state index contributed by atoms with van der Waals surface area (Å²) in [5.41, 5.74) is 2.71. The number of benzene rings is 1.